The van der Waals surface area contributed by atoms with Crippen LogP contribution in [0.15, 0.2) is 102 Å². The van der Waals surface area contributed by atoms with E-state index in [1.807, 2.05) is 0 Å². The number of Topliss-reactive ketones (excluding diaryl/α,β-unsaturated/α-hetero) is 1. The lowest BCUT2D eigenvalue weighted by Crippen LogP contribution is -2.82. The summed E-state index contributed by atoms with van der Waals surface area (Å²) in [5, 5.41) is 28.9. The van der Waals surface area contributed by atoms with Crippen molar-refractivity contribution < 1.29 is 85.2 Å². The van der Waals surface area contributed by atoms with Crippen molar-refractivity contribution in [2.75, 3.05) is 33.5 Å². The quantitative estimate of drug-likeness (QED) is 0.0826. The monoisotopic (exact) mass is 1030 g/mol. The molecule has 3 aromatic carbocycles. The van der Waals surface area contributed by atoms with Crippen LogP contribution in [0.3, 0.4) is 0 Å². The van der Waals surface area contributed by atoms with Crippen LogP contribution in [0, 0.1) is 16.7 Å². The lowest BCUT2D eigenvalue weighted by atomic mass is 9.44. The number of hydrogen-bond donors (Lipinski definition) is 4. The molecular weight excluding hydrogens is 973 g/mol. The highest BCUT2D eigenvalue weighted by molar-refractivity contribution is 7.85. The molecule has 3 aliphatic carbocycles. The largest absolute Gasteiger partial charge is 0.455 e. The van der Waals surface area contributed by atoms with Crippen molar-refractivity contribution in [3.05, 3.63) is 119 Å². The van der Waals surface area contributed by atoms with E-state index in [2.05, 4.69) is 5.32 Å². The molecule has 3 fully saturated rings. The predicted molar refractivity (Wildman–Crippen MR) is 258 cm³/mol. The predicted octanol–water partition coefficient (Wildman–Crippen LogP) is 3.35. The van der Waals surface area contributed by atoms with Gasteiger partial charge in [0.05, 0.1) is 42.4 Å². The Morgan fingerprint density at radius 3 is 1.90 bits per heavy atom. The van der Waals surface area contributed by atoms with Crippen molar-refractivity contribution in [3.63, 3.8) is 0 Å². The first kappa shape index (κ1) is 55.9. The lowest BCUT2D eigenvalue weighted by molar-refractivity contribution is -0.346. The van der Waals surface area contributed by atoms with E-state index in [4.69, 9.17) is 33.0 Å². The first-order valence-electron chi connectivity index (χ1n) is 23.3. The summed E-state index contributed by atoms with van der Waals surface area (Å²) in [5.41, 5.74) is -7.26. The van der Waals surface area contributed by atoms with Gasteiger partial charge in [0, 0.05) is 37.7 Å². The first-order valence-corrected chi connectivity index (χ1v) is 25.2. The zero-order chi connectivity index (χ0) is 54.0. The second-order valence-electron chi connectivity index (χ2n) is 19.8. The minimum absolute atomic E-state index is 0.0245. The number of nitrogens with one attached hydrogen (secondary N) is 1. The van der Waals surface area contributed by atoms with Crippen LogP contribution in [0.2, 0.25) is 0 Å². The van der Waals surface area contributed by atoms with Crippen LogP contribution in [0.25, 0.3) is 0 Å². The van der Waals surface area contributed by atoms with E-state index in [-0.39, 0.29) is 41.8 Å². The minimum Gasteiger partial charge on any atom is -0.455 e. The van der Waals surface area contributed by atoms with Crippen molar-refractivity contribution in [2.45, 2.75) is 108 Å². The van der Waals surface area contributed by atoms with Crippen molar-refractivity contribution in [3.8, 4) is 0 Å². The number of ether oxygens (including phenoxy) is 6. The Kier molecular flexibility index (Phi) is 16.6. The maximum Gasteiger partial charge on any atom is 0.350 e. The number of ketones is 1. The molecule has 0 unspecified atom stereocenters. The Bertz CT molecular complexity index is 2730. The molecule has 4 aliphatic rings. The number of hydrogen-bond acceptors (Lipinski definition) is 18. The fraction of sp³-hybridized carbons (Fsp3) is 0.481. The number of nitrogens with zero attached hydrogens (tertiary/aromatic N) is 1. The molecule has 0 aromatic heterocycles. The van der Waals surface area contributed by atoms with Gasteiger partial charge in [-0.1, -0.05) is 80.6 Å². The highest BCUT2D eigenvalue weighted by atomic mass is 32.2. The van der Waals surface area contributed by atoms with Crippen LogP contribution in [-0.4, -0.2) is 151 Å². The van der Waals surface area contributed by atoms with E-state index in [0.717, 1.165) is 13.8 Å². The molecule has 20 nitrogen and oxygen atoms in total. The summed E-state index contributed by atoms with van der Waals surface area (Å²) >= 11 is 0. The molecule has 1 heterocycles. The number of aliphatic hydroxyl groups excluding tert-OH is 1. The molecule has 4 N–H and O–H groups in total. The third kappa shape index (κ3) is 11.4. The molecule has 1 saturated heterocycles. The summed E-state index contributed by atoms with van der Waals surface area (Å²) in [6.45, 7) is 7.66. The molecule has 394 valence electrons. The topological polar surface area (TPSA) is 285 Å². The van der Waals surface area contributed by atoms with Gasteiger partial charge in [-0.2, -0.15) is 8.42 Å². The van der Waals surface area contributed by atoms with Crippen LogP contribution in [-0.2, 0) is 62.5 Å². The van der Waals surface area contributed by atoms with Gasteiger partial charge in [0.1, 0.15) is 30.0 Å². The molecule has 2 bridgehead atoms. The van der Waals surface area contributed by atoms with Crippen molar-refractivity contribution in [2.24, 2.45) is 16.7 Å². The Morgan fingerprint density at radius 2 is 1.40 bits per heavy atom. The summed E-state index contributed by atoms with van der Waals surface area (Å²) in [4.78, 5) is 100. The van der Waals surface area contributed by atoms with E-state index in [0.29, 0.717) is 11.8 Å². The highest BCUT2D eigenvalue weighted by Crippen LogP contribution is 2.64. The minimum atomic E-state index is -3.67. The standard InChI is InChI=1S/C51H58N2O15.CH4O3S/c1-28-34(65-47(61)41(66-37(57)26-53(7)8)39(31-18-12-9-13-19-31)52-45(59)32-20-14-10-15-21-32)25-51(62)44(67-46(60)33-22-16-11-17-23-33)42-49(6,35(56)24-36-50(42,27-63-36)68-30(3)55)43(58)40(64-29(2)54)38(28)48(51,4)5;1-5(2,3)4/h9-23,34-36,39-42,44,56,62H,24-27H2,1-8H3,(H,52,59);1H3,(H,2,3,4)/t34-,35-,36+,39-,40+,41+,42-,44-,49+,50-,51+;/m0./s1. The smallest absolute Gasteiger partial charge is 0.350 e. The van der Waals surface area contributed by atoms with Gasteiger partial charge in [0.15, 0.2) is 17.5 Å². The van der Waals surface area contributed by atoms with Gasteiger partial charge in [0.2, 0.25) is 6.10 Å². The number of aliphatic hydroxyl groups is 2. The number of carbonyl (C=O) groups is 7. The Labute approximate surface area is 423 Å². The summed E-state index contributed by atoms with van der Waals surface area (Å²) in [6.07, 6.45) is -9.87. The van der Waals surface area contributed by atoms with E-state index >= 15 is 9.59 Å². The van der Waals surface area contributed by atoms with Crippen molar-refractivity contribution in [1.29, 1.82) is 0 Å². The zero-order valence-corrected chi connectivity index (χ0v) is 42.7. The number of esters is 5. The van der Waals surface area contributed by atoms with Gasteiger partial charge >= 0.3 is 29.8 Å². The van der Waals surface area contributed by atoms with Gasteiger partial charge in [-0.05, 0) is 68.9 Å². The number of amides is 1. The second-order valence-corrected chi connectivity index (χ2v) is 21.3. The molecule has 73 heavy (non-hydrogen) atoms. The maximum atomic E-state index is 15.7. The Morgan fingerprint density at radius 1 is 0.849 bits per heavy atom. The van der Waals surface area contributed by atoms with Gasteiger partial charge in [-0.3, -0.25) is 33.4 Å². The fourth-order valence-electron chi connectivity index (χ4n) is 10.7. The fourth-order valence-corrected chi connectivity index (χ4v) is 10.7. The zero-order valence-electron chi connectivity index (χ0n) is 41.9. The van der Waals surface area contributed by atoms with Crippen LogP contribution in [0.1, 0.15) is 86.7 Å². The van der Waals surface area contributed by atoms with Gasteiger partial charge < -0.3 is 44.0 Å². The number of likely N-dealkylation sites (N-methyl/N-ethyl adjacent to an activating group) is 1. The summed E-state index contributed by atoms with van der Waals surface area (Å²) in [5.74, 6) is -7.76. The second kappa shape index (κ2) is 21.6. The number of rotatable bonds is 13. The molecule has 2 saturated carbocycles. The average Bonchev–Trinajstić information content (AvgIpc) is 3.30. The first-order chi connectivity index (χ1) is 34.1. The molecule has 3 aromatic rings. The van der Waals surface area contributed by atoms with Gasteiger partial charge in [-0.15, -0.1) is 0 Å². The molecule has 1 aliphatic heterocycles. The molecular formula is C52H62N2O18S. The number of fused-ring (bicyclic) bond motifs is 5. The Balaban J connectivity index is 0.00000166. The van der Waals surface area contributed by atoms with Crippen LogP contribution >= 0.6 is 0 Å². The molecule has 0 radical (unpaired) electrons. The molecule has 21 heteroatoms. The Hall–Kier alpha value is -6.36. The summed E-state index contributed by atoms with van der Waals surface area (Å²) < 4.78 is 62.5. The van der Waals surface area contributed by atoms with Crippen LogP contribution < -0.4 is 5.32 Å². The molecule has 7 rings (SSSR count). The van der Waals surface area contributed by atoms with E-state index in [9.17, 15) is 42.6 Å². The third-order valence-electron chi connectivity index (χ3n) is 14.2. The van der Waals surface area contributed by atoms with Crippen molar-refractivity contribution >= 4 is 51.7 Å². The lowest BCUT2D eigenvalue weighted by Gasteiger charge is -2.67. The van der Waals surface area contributed by atoms with E-state index in [1.165, 1.54) is 30.9 Å². The molecule has 0 spiro atoms. The number of carbonyl (C=O) groups excluding carboxylic acids is 7. The molecule has 1 amide bonds. The highest BCUT2D eigenvalue weighted by Gasteiger charge is 2.78. The average molecular weight is 1040 g/mol. The van der Waals surface area contributed by atoms with Crippen LogP contribution in [0.4, 0.5) is 0 Å². The SMILES string of the molecule is CC(=O)O[C@H]1C(=O)[C@@]2(C)[C@H]([C@H](OC(=O)c3ccccc3)[C@]3(O)C[C@H](OC(=O)[C@H](OC(=O)CN(C)C)[C@@H](NC(=O)c4ccccc4)c4ccccc4)C(C)=C1C3(C)C)[C@]1(OC(C)=O)CO[C@@H]1C[C@@H]2O.CS(=O)(=O)O. The summed E-state index contributed by atoms with van der Waals surface area (Å²) in [7, 11) is -0.432. The van der Waals surface area contributed by atoms with Gasteiger partial charge in [0.25, 0.3) is 16.0 Å². The molecule has 11 atom stereocenters. The summed E-state index contributed by atoms with van der Waals surface area (Å²) in [6, 6.07) is 22.9. The van der Waals surface area contributed by atoms with E-state index < -0.39 is 129 Å². The normalized spacial score (nSPS) is 28.8. The number of benzene rings is 3. The maximum absolute atomic E-state index is 15.7. The van der Waals surface area contributed by atoms with E-state index in [1.54, 1.807) is 107 Å². The van der Waals surface area contributed by atoms with Crippen molar-refractivity contribution in [1.82, 2.24) is 10.2 Å². The van der Waals surface area contributed by atoms with Gasteiger partial charge in [-0.25, -0.2) is 9.59 Å². The van der Waals surface area contributed by atoms with Crippen LogP contribution in [0.5, 0.6) is 0 Å². The third-order valence-corrected chi connectivity index (χ3v) is 14.2.